The fourth-order valence-electron chi connectivity index (χ4n) is 2.36. The van der Waals surface area contributed by atoms with Gasteiger partial charge in [0.05, 0.1) is 0 Å². The molecule has 0 saturated heterocycles. The third kappa shape index (κ3) is 3.39. The van der Waals surface area contributed by atoms with Crippen LogP contribution in [-0.2, 0) is 6.42 Å². The summed E-state index contributed by atoms with van der Waals surface area (Å²) in [6.45, 7) is 1.81. The molecule has 0 aliphatic heterocycles. The zero-order valence-electron chi connectivity index (χ0n) is 11.4. The molecule has 106 valence electrons. The highest BCUT2D eigenvalue weighted by Crippen LogP contribution is 2.23. The molecule has 1 unspecified atom stereocenters. The van der Waals surface area contributed by atoms with Gasteiger partial charge in [-0.1, -0.05) is 6.07 Å². The number of halogens is 3. The highest BCUT2D eigenvalue weighted by atomic mass is 19.1. The smallest absolute Gasteiger partial charge is 0.126 e. The van der Waals surface area contributed by atoms with Crippen molar-refractivity contribution in [2.75, 3.05) is 7.05 Å². The molecule has 4 heteroatoms. The van der Waals surface area contributed by atoms with Gasteiger partial charge in [-0.05, 0) is 61.3 Å². The lowest BCUT2D eigenvalue weighted by atomic mass is 9.95. The molecule has 0 aliphatic rings. The predicted molar refractivity (Wildman–Crippen MR) is 73.0 cm³/mol. The van der Waals surface area contributed by atoms with Crippen molar-refractivity contribution in [2.45, 2.75) is 19.4 Å². The molecule has 0 aliphatic carbocycles. The predicted octanol–water partition coefficient (Wildman–Crippen LogP) is 3.92. The normalized spacial score (nSPS) is 12.4. The number of aryl methyl sites for hydroxylation is 1. The fraction of sp³-hybridized carbons (Fsp3) is 0.250. The molecule has 0 fully saturated rings. The van der Waals surface area contributed by atoms with Gasteiger partial charge in [0.2, 0.25) is 0 Å². The van der Waals surface area contributed by atoms with E-state index in [0.717, 1.165) is 17.2 Å². The van der Waals surface area contributed by atoms with E-state index in [4.69, 9.17) is 0 Å². The Hall–Kier alpha value is -1.81. The van der Waals surface area contributed by atoms with Crippen molar-refractivity contribution in [3.63, 3.8) is 0 Å². The van der Waals surface area contributed by atoms with E-state index < -0.39 is 11.6 Å². The van der Waals surface area contributed by atoms with E-state index in [-0.39, 0.29) is 11.9 Å². The number of hydrogen-bond acceptors (Lipinski definition) is 1. The quantitative estimate of drug-likeness (QED) is 0.894. The van der Waals surface area contributed by atoms with Gasteiger partial charge >= 0.3 is 0 Å². The molecular weight excluding hydrogens is 263 g/mol. The fourth-order valence-corrected chi connectivity index (χ4v) is 2.36. The summed E-state index contributed by atoms with van der Waals surface area (Å²) in [5.74, 6) is -1.48. The average Bonchev–Trinajstić information content (AvgIpc) is 2.35. The van der Waals surface area contributed by atoms with Crippen molar-refractivity contribution >= 4 is 0 Å². The molecule has 0 radical (unpaired) electrons. The lowest BCUT2D eigenvalue weighted by Gasteiger charge is -2.19. The molecule has 0 amide bonds. The van der Waals surface area contributed by atoms with Crippen molar-refractivity contribution in [2.24, 2.45) is 0 Å². The maximum atomic E-state index is 13.2. The number of rotatable bonds is 4. The third-order valence-corrected chi connectivity index (χ3v) is 3.32. The summed E-state index contributed by atoms with van der Waals surface area (Å²) in [4.78, 5) is 0. The van der Waals surface area contributed by atoms with Crippen LogP contribution in [0.5, 0.6) is 0 Å². The van der Waals surface area contributed by atoms with E-state index in [0.29, 0.717) is 12.0 Å². The average molecular weight is 279 g/mol. The lowest BCUT2D eigenvalue weighted by Crippen LogP contribution is -2.20. The van der Waals surface area contributed by atoms with Gasteiger partial charge in [0, 0.05) is 12.1 Å². The third-order valence-electron chi connectivity index (χ3n) is 3.32. The van der Waals surface area contributed by atoms with Gasteiger partial charge in [0.1, 0.15) is 17.5 Å². The standard InChI is InChI=1S/C16H16F3N/c1-10-5-12(17)3-4-15(10)16(20-2)8-11-6-13(18)9-14(19)7-11/h3-7,9,16,20H,8H2,1-2H3. The molecular formula is C16H16F3N. The summed E-state index contributed by atoms with van der Waals surface area (Å²) in [5.41, 5.74) is 2.28. The summed E-state index contributed by atoms with van der Waals surface area (Å²) >= 11 is 0. The molecule has 2 aromatic carbocycles. The highest BCUT2D eigenvalue weighted by Gasteiger charge is 2.14. The van der Waals surface area contributed by atoms with Crippen LogP contribution in [0.1, 0.15) is 22.7 Å². The Kier molecular flexibility index (Phi) is 4.45. The van der Waals surface area contributed by atoms with Gasteiger partial charge in [0.15, 0.2) is 0 Å². The first kappa shape index (κ1) is 14.6. The van der Waals surface area contributed by atoms with Gasteiger partial charge in [0.25, 0.3) is 0 Å². The van der Waals surface area contributed by atoms with E-state index in [1.807, 2.05) is 6.92 Å². The van der Waals surface area contributed by atoms with Crippen molar-refractivity contribution < 1.29 is 13.2 Å². The van der Waals surface area contributed by atoms with Crippen LogP contribution in [0.3, 0.4) is 0 Å². The monoisotopic (exact) mass is 279 g/mol. The minimum Gasteiger partial charge on any atom is -0.313 e. The molecule has 0 spiro atoms. The van der Waals surface area contributed by atoms with Crippen LogP contribution in [0.15, 0.2) is 36.4 Å². The first-order valence-corrected chi connectivity index (χ1v) is 6.38. The van der Waals surface area contributed by atoms with Crippen molar-refractivity contribution in [3.8, 4) is 0 Å². The minimum atomic E-state index is -0.592. The van der Waals surface area contributed by atoms with E-state index in [1.165, 1.54) is 24.3 Å². The molecule has 2 rings (SSSR count). The number of nitrogens with one attached hydrogen (secondary N) is 1. The SMILES string of the molecule is CNC(Cc1cc(F)cc(F)c1)c1ccc(F)cc1C. The topological polar surface area (TPSA) is 12.0 Å². The van der Waals surface area contributed by atoms with E-state index in [1.54, 1.807) is 13.1 Å². The summed E-state index contributed by atoms with van der Waals surface area (Å²) < 4.78 is 39.5. The van der Waals surface area contributed by atoms with Gasteiger partial charge in [-0.25, -0.2) is 13.2 Å². The van der Waals surface area contributed by atoms with Crippen molar-refractivity contribution in [3.05, 3.63) is 70.5 Å². The van der Waals surface area contributed by atoms with Gasteiger partial charge in [-0.15, -0.1) is 0 Å². The van der Waals surface area contributed by atoms with Crippen LogP contribution in [0.25, 0.3) is 0 Å². The zero-order valence-corrected chi connectivity index (χ0v) is 11.4. The first-order chi connectivity index (χ1) is 9.49. The van der Waals surface area contributed by atoms with Crippen LogP contribution in [0, 0.1) is 24.4 Å². The Labute approximate surface area is 116 Å². The molecule has 0 heterocycles. The molecule has 0 bridgehead atoms. The molecule has 1 nitrogen and oxygen atoms in total. The van der Waals surface area contributed by atoms with E-state index in [9.17, 15) is 13.2 Å². The number of likely N-dealkylation sites (N-methyl/N-ethyl adjacent to an activating group) is 1. The molecule has 1 atom stereocenters. The van der Waals surface area contributed by atoms with Crippen molar-refractivity contribution in [1.29, 1.82) is 0 Å². The summed E-state index contributed by atoms with van der Waals surface area (Å²) in [5, 5.41) is 3.10. The first-order valence-electron chi connectivity index (χ1n) is 6.38. The Morgan fingerprint density at radius 3 is 2.15 bits per heavy atom. The van der Waals surface area contributed by atoms with Gasteiger partial charge in [-0.2, -0.15) is 0 Å². The molecule has 20 heavy (non-hydrogen) atoms. The lowest BCUT2D eigenvalue weighted by molar-refractivity contribution is 0.559. The molecule has 1 N–H and O–H groups in total. The zero-order chi connectivity index (χ0) is 14.7. The summed E-state index contributed by atoms with van der Waals surface area (Å²) in [7, 11) is 1.77. The maximum absolute atomic E-state index is 13.2. The highest BCUT2D eigenvalue weighted by molar-refractivity contribution is 5.31. The Bertz CT molecular complexity index is 590. The van der Waals surface area contributed by atoms with E-state index >= 15 is 0 Å². The Morgan fingerprint density at radius 1 is 0.950 bits per heavy atom. The van der Waals surface area contributed by atoms with Gasteiger partial charge < -0.3 is 5.32 Å². The second-order valence-corrected chi connectivity index (χ2v) is 4.82. The van der Waals surface area contributed by atoms with Gasteiger partial charge in [-0.3, -0.25) is 0 Å². The second-order valence-electron chi connectivity index (χ2n) is 4.82. The number of hydrogen-bond donors (Lipinski definition) is 1. The van der Waals surface area contributed by atoms with Crippen molar-refractivity contribution in [1.82, 2.24) is 5.32 Å². The van der Waals surface area contributed by atoms with Crippen LogP contribution >= 0.6 is 0 Å². The molecule has 2 aromatic rings. The summed E-state index contributed by atoms with van der Waals surface area (Å²) in [6, 6.07) is 7.88. The Morgan fingerprint density at radius 2 is 1.60 bits per heavy atom. The summed E-state index contributed by atoms with van der Waals surface area (Å²) in [6.07, 6.45) is 0.428. The number of benzene rings is 2. The van der Waals surface area contributed by atoms with Crippen LogP contribution in [0.4, 0.5) is 13.2 Å². The van der Waals surface area contributed by atoms with E-state index in [2.05, 4.69) is 5.32 Å². The van der Waals surface area contributed by atoms with Crippen LogP contribution in [-0.4, -0.2) is 7.05 Å². The molecule has 0 saturated carbocycles. The minimum absolute atomic E-state index is 0.128. The van der Waals surface area contributed by atoms with Crippen LogP contribution < -0.4 is 5.32 Å². The van der Waals surface area contributed by atoms with Crippen LogP contribution in [0.2, 0.25) is 0 Å². The second kappa shape index (κ2) is 6.09. The molecule has 0 aromatic heterocycles. The maximum Gasteiger partial charge on any atom is 0.126 e. The Balaban J connectivity index is 2.28. The largest absolute Gasteiger partial charge is 0.313 e.